The number of amides is 4. The molecule has 1 heterocycles. The zero-order chi connectivity index (χ0) is 24.0. The van der Waals surface area contributed by atoms with E-state index in [1.54, 1.807) is 24.3 Å². The third-order valence-electron chi connectivity index (χ3n) is 5.23. The average molecular weight is 453 g/mol. The molecule has 0 aliphatic carbocycles. The van der Waals surface area contributed by atoms with Crippen LogP contribution in [0.3, 0.4) is 0 Å². The third kappa shape index (κ3) is 6.31. The van der Waals surface area contributed by atoms with Crippen molar-refractivity contribution in [3.05, 3.63) is 60.2 Å². The van der Waals surface area contributed by atoms with Crippen molar-refractivity contribution in [1.29, 1.82) is 0 Å². The van der Waals surface area contributed by atoms with E-state index >= 15 is 0 Å². The smallest absolute Gasteiger partial charge is 0.326 e. The normalized spacial score (nSPS) is 14.6. The van der Waals surface area contributed by atoms with Crippen LogP contribution >= 0.6 is 0 Å². The molecule has 0 fully saturated rings. The summed E-state index contributed by atoms with van der Waals surface area (Å²) in [6, 6.07) is 13.2. The van der Waals surface area contributed by atoms with Crippen molar-refractivity contribution < 1.29 is 24.3 Å². The topological polar surface area (TPSA) is 128 Å². The van der Waals surface area contributed by atoms with Gasteiger partial charge in [0.2, 0.25) is 11.8 Å². The number of hydrogen-bond acceptors (Lipinski definition) is 4. The van der Waals surface area contributed by atoms with Crippen molar-refractivity contribution in [2.75, 3.05) is 16.8 Å². The molecule has 1 aliphatic heterocycles. The second kappa shape index (κ2) is 10.6. The molecule has 0 saturated carbocycles. The van der Waals surface area contributed by atoms with Gasteiger partial charge in [-0.15, -0.1) is 0 Å². The summed E-state index contributed by atoms with van der Waals surface area (Å²) < 4.78 is 0. The van der Waals surface area contributed by atoms with Crippen LogP contribution < -0.4 is 20.9 Å². The molecule has 0 aromatic heterocycles. The summed E-state index contributed by atoms with van der Waals surface area (Å²) in [5.74, 6) is -2.04. The van der Waals surface area contributed by atoms with Gasteiger partial charge in [0.05, 0.1) is 11.4 Å². The van der Waals surface area contributed by atoms with Gasteiger partial charge >= 0.3 is 12.0 Å². The molecule has 2 aromatic carbocycles. The van der Waals surface area contributed by atoms with Crippen molar-refractivity contribution >= 4 is 35.2 Å². The van der Waals surface area contributed by atoms with Crippen LogP contribution in [0.5, 0.6) is 0 Å². The predicted molar refractivity (Wildman–Crippen MR) is 124 cm³/mol. The van der Waals surface area contributed by atoms with Gasteiger partial charge in [0.25, 0.3) is 0 Å². The maximum atomic E-state index is 13.1. The number of aliphatic carboxylic acids is 1. The van der Waals surface area contributed by atoms with Crippen molar-refractivity contribution in [3.63, 3.8) is 0 Å². The molecule has 9 nitrogen and oxygen atoms in total. The number of carboxylic acids is 1. The molecule has 9 heteroatoms. The molecule has 33 heavy (non-hydrogen) atoms. The number of para-hydroxylation sites is 2. The number of carboxylic acid groups (broad SMARTS) is 1. The summed E-state index contributed by atoms with van der Waals surface area (Å²) in [7, 11) is 0. The van der Waals surface area contributed by atoms with Crippen molar-refractivity contribution in [3.8, 4) is 0 Å². The largest absolute Gasteiger partial charge is 0.480 e. The summed E-state index contributed by atoms with van der Waals surface area (Å²) in [5.41, 5.74) is 1.80. The Morgan fingerprint density at radius 2 is 1.67 bits per heavy atom. The van der Waals surface area contributed by atoms with Gasteiger partial charge in [-0.05, 0) is 30.0 Å². The fourth-order valence-electron chi connectivity index (χ4n) is 3.67. The van der Waals surface area contributed by atoms with E-state index in [0.29, 0.717) is 11.4 Å². The Hall–Kier alpha value is -3.88. The highest BCUT2D eigenvalue weighted by Gasteiger charge is 2.31. The molecule has 4 amide bonds. The first-order valence-electron chi connectivity index (χ1n) is 10.8. The molecule has 3 rings (SSSR count). The second-order valence-electron chi connectivity index (χ2n) is 8.37. The number of nitrogens with one attached hydrogen (secondary N) is 3. The second-order valence-corrected chi connectivity index (χ2v) is 8.37. The fraction of sp³-hybridized carbons (Fsp3) is 0.333. The number of rotatable bonds is 8. The zero-order valence-electron chi connectivity index (χ0n) is 18.6. The van der Waals surface area contributed by atoms with Gasteiger partial charge in [-0.1, -0.05) is 56.3 Å². The summed E-state index contributed by atoms with van der Waals surface area (Å²) in [6.45, 7) is 3.53. The molecule has 0 bridgehead atoms. The molecule has 0 spiro atoms. The van der Waals surface area contributed by atoms with E-state index in [9.17, 15) is 24.3 Å². The van der Waals surface area contributed by atoms with Gasteiger partial charge in [-0.3, -0.25) is 14.5 Å². The lowest BCUT2D eigenvalue weighted by Gasteiger charge is -2.31. The number of anilines is 2. The summed E-state index contributed by atoms with van der Waals surface area (Å²) in [5, 5.41) is 17.5. The first kappa shape index (κ1) is 23.8. The lowest BCUT2D eigenvalue weighted by atomic mass is 10.0. The summed E-state index contributed by atoms with van der Waals surface area (Å²) >= 11 is 0. The Bertz CT molecular complexity index is 1020. The van der Waals surface area contributed by atoms with E-state index in [-0.39, 0.29) is 31.2 Å². The van der Waals surface area contributed by atoms with Crippen LogP contribution in [0.1, 0.15) is 25.8 Å². The summed E-state index contributed by atoms with van der Waals surface area (Å²) in [6.07, 6.45) is 0.418. The van der Waals surface area contributed by atoms with Gasteiger partial charge in [-0.25, -0.2) is 9.59 Å². The number of hydrogen-bond donors (Lipinski definition) is 4. The fourth-order valence-corrected chi connectivity index (χ4v) is 3.67. The maximum Gasteiger partial charge on any atom is 0.326 e. The minimum absolute atomic E-state index is 0.0527. The SMILES string of the molecule is CC(C)CC(NC(=O)C(Cc1ccccc1)NC(=O)N1CC(=O)Nc2ccccc21)C(=O)O. The number of fused-ring (bicyclic) bond motifs is 1. The Kier molecular flexibility index (Phi) is 7.66. The lowest BCUT2D eigenvalue weighted by Crippen LogP contribution is -2.56. The molecule has 2 atom stereocenters. The summed E-state index contributed by atoms with van der Waals surface area (Å²) in [4.78, 5) is 51.2. The zero-order valence-corrected chi connectivity index (χ0v) is 18.6. The Balaban J connectivity index is 1.82. The standard InChI is InChI=1S/C24H28N4O5/c1-15(2)12-19(23(31)32)26-22(30)18(13-16-8-4-3-5-9-16)27-24(33)28-14-21(29)25-17-10-6-7-11-20(17)28/h3-11,15,18-19H,12-14H2,1-2H3,(H,25,29)(H,26,30)(H,27,33)(H,31,32). The monoisotopic (exact) mass is 452 g/mol. The maximum absolute atomic E-state index is 13.1. The van der Waals surface area contributed by atoms with Crippen LogP contribution in [-0.2, 0) is 20.8 Å². The van der Waals surface area contributed by atoms with Crippen LogP contribution in [-0.4, -0.2) is 47.5 Å². The molecule has 4 N–H and O–H groups in total. The van der Waals surface area contributed by atoms with E-state index in [1.807, 2.05) is 44.2 Å². The Morgan fingerprint density at radius 1 is 1.00 bits per heavy atom. The molecule has 2 aromatic rings. The highest BCUT2D eigenvalue weighted by atomic mass is 16.4. The van der Waals surface area contributed by atoms with E-state index in [4.69, 9.17) is 0 Å². The Morgan fingerprint density at radius 3 is 2.33 bits per heavy atom. The van der Waals surface area contributed by atoms with Gasteiger partial charge < -0.3 is 21.1 Å². The van der Waals surface area contributed by atoms with Crippen LogP contribution in [0, 0.1) is 5.92 Å². The van der Waals surface area contributed by atoms with Crippen LogP contribution in [0.2, 0.25) is 0 Å². The van der Waals surface area contributed by atoms with Crippen molar-refractivity contribution in [1.82, 2.24) is 10.6 Å². The number of benzene rings is 2. The minimum atomic E-state index is -1.14. The average Bonchev–Trinajstić information content (AvgIpc) is 2.77. The molecule has 2 unspecified atom stereocenters. The molecule has 1 aliphatic rings. The number of urea groups is 1. The van der Waals surface area contributed by atoms with E-state index in [2.05, 4.69) is 16.0 Å². The number of carbonyl (C=O) groups is 4. The first-order chi connectivity index (χ1) is 15.7. The number of carbonyl (C=O) groups excluding carboxylic acids is 3. The van der Waals surface area contributed by atoms with Gasteiger partial charge in [0.15, 0.2) is 0 Å². The molecule has 0 radical (unpaired) electrons. The van der Waals surface area contributed by atoms with E-state index in [0.717, 1.165) is 5.56 Å². The highest BCUT2D eigenvalue weighted by molar-refractivity contribution is 6.10. The highest BCUT2D eigenvalue weighted by Crippen LogP contribution is 2.28. The Labute approximate surface area is 192 Å². The van der Waals surface area contributed by atoms with E-state index in [1.165, 1.54) is 4.90 Å². The molecule has 0 saturated heterocycles. The molecule has 174 valence electrons. The van der Waals surface area contributed by atoms with Gasteiger partial charge in [0, 0.05) is 6.42 Å². The predicted octanol–water partition coefficient (Wildman–Crippen LogP) is 2.38. The van der Waals surface area contributed by atoms with E-state index < -0.39 is 30.0 Å². The minimum Gasteiger partial charge on any atom is -0.480 e. The van der Waals surface area contributed by atoms with Crippen LogP contribution in [0.15, 0.2) is 54.6 Å². The number of nitrogens with zero attached hydrogens (tertiary/aromatic N) is 1. The van der Waals surface area contributed by atoms with Crippen molar-refractivity contribution in [2.24, 2.45) is 5.92 Å². The lowest BCUT2D eigenvalue weighted by molar-refractivity contribution is -0.142. The van der Waals surface area contributed by atoms with Gasteiger partial charge in [0.1, 0.15) is 18.6 Å². The third-order valence-corrected chi connectivity index (χ3v) is 5.23. The molecular weight excluding hydrogens is 424 g/mol. The van der Waals surface area contributed by atoms with Gasteiger partial charge in [-0.2, -0.15) is 0 Å². The quantitative estimate of drug-likeness (QED) is 0.489. The van der Waals surface area contributed by atoms with Crippen molar-refractivity contribution in [2.45, 2.75) is 38.8 Å². The first-order valence-corrected chi connectivity index (χ1v) is 10.8. The van der Waals surface area contributed by atoms with Crippen LogP contribution in [0.4, 0.5) is 16.2 Å². The van der Waals surface area contributed by atoms with Crippen LogP contribution in [0.25, 0.3) is 0 Å². The molecular formula is C24H28N4O5.